The van der Waals surface area contributed by atoms with E-state index in [4.69, 9.17) is 27.9 Å². The van der Waals surface area contributed by atoms with Gasteiger partial charge in [0.2, 0.25) is 5.88 Å². The molecule has 0 radical (unpaired) electrons. The van der Waals surface area contributed by atoms with Crippen LogP contribution in [0.2, 0.25) is 10.0 Å². The highest BCUT2D eigenvalue weighted by molar-refractivity contribution is 6.32. The van der Waals surface area contributed by atoms with Crippen molar-refractivity contribution in [1.82, 2.24) is 10.3 Å². The first-order valence-corrected chi connectivity index (χ1v) is 7.00. The van der Waals surface area contributed by atoms with E-state index in [9.17, 15) is 0 Å². The molecule has 0 amide bonds. The summed E-state index contributed by atoms with van der Waals surface area (Å²) in [5.74, 6) is 1.14. The summed E-state index contributed by atoms with van der Waals surface area (Å²) in [6.45, 7) is 4.60. The third-order valence-electron chi connectivity index (χ3n) is 2.87. The van der Waals surface area contributed by atoms with Crippen molar-refractivity contribution in [3.05, 3.63) is 51.1 Å². The van der Waals surface area contributed by atoms with Crippen molar-refractivity contribution in [2.24, 2.45) is 0 Å². The molecule has 3 nitrogen and oxygen atoms in total. The maximum Gasteiger partial charge on any atom is 0.238 e. The van der Waals surface area contributed by atoms with E-state index < -0.39 is 0 Å². The van der Waals surface area contributed by atoms with Gasteiger partial charge in [0.25, 0.3) is 0 Å². The number of pyridine rings is 1. The fourth-order valence-corrected chi connectivity index (χ4v) is 2.55. The molecule has 20 heavy (non-hydrogen) atoms. The van der Waals surface area contributed by atoms with E-state index >= 15 is 0 Å². The molecule has 106 valence electrons. The molecule has 0 aliphatic rings. The minimum Gasteiger partial charge on any atom is -0.437 e. The van der Waals surface area contributed by atoms with Crippen LogP contribution in [-0.4, -0.2) is 12.0 Å². The van der Waals surface area contributed by atoms with Crippen LogP contribution in [0.4, 0.5) is 0 Å². The predicted molar refractivity (Wildman–Crippen MR) is 83.0 cm³/mol. The fourth-order valence-electron chi connectivity index (χ4n) is 2.00. The van der Waals surface area contributed by atoms with E-state index in [-0.39, 0.29) is 0 Å². The number of aromatic nitrogens is 1. The first kappa shape index (κ1) is 15.1. The van der Waals surface area contributed by atoms with Crippen LogP contribution in [-0.2, 0) is 6.54 Å². The second-order valence-corrected chi connectivity index (χ2v) is 5.48. The van der Waals surface area contributed by atoms with E-state index in [0.29, 0.717) is 22.5 Å². The maximum atomic E-state index is 6.21. The van der Waals surface area contributed by atoms with Crippen LogP contribution in [0.15, 0.2) is 24.4 Å². The van der Waals surface area contributed by atoms with E-state index in [1.807, 2.05) is 39.1 Å². The van der Waals surface area contributed by atoms with Gasteiger partial charge in [-0.25, -0.2) is 4.98 Å². The van der Waals surface area contributed by atoms with Gasteiger partial charge in [0.1, 0.15) is 10.8 Å². The average Bonchev–Trinajstić information content (AvgIpc) is 2.36. The van der Waals surface area contributed by atoms with Gasteiger partial charge in [-0.1, -0.05) is 23.2 Å². The summed E-state index contributed by atoms with van der Waals surface area (Å²) < 4.78 is 5.84. The Morgan fingerprint density at radius 3 is 2.35 bits per heavy atom. The molecule has 5 heteroatoms. The number of rotatable bonds is 4. The molecule has 0 bridgehead atoms. The largest absolute Gasteiger partial charge is 0.437 e. The first-order valence-electron chi connectivity index (χ1n) is 6.25. The number of nitrogens with one attached hydrogen (secondary N) is 1. The molecule has 0 atom stereocenters. The summed E-state index contributed by atoms with van der Waals surface area (Å²) in [5.41, 5.74) is 2.91. The molecule has 2 rings (SSSR count). The average molecular weight is 311 g/mol. The van der Waals surface area contributed by atoms with Crippen LogP contribution in [0.3, 0.4) is 0 Å². The Morgan fingerprint density at radius 1 is 1.15 bits per heavy atom. The molecular formula is C15H16Cl2N2O. The number of hydrogen-bond acceptors (Lipinski definition) is 3. The lowest BCUT2D eigenvalue weighted by Crippen LogP contribution is -2.05. The zero-order valence-electron chi connectivity index (χ0n) is 11.6. The van der Waals surface area contributed by atoms with Crippen molar-refractivity contribution in [2.45, 2.75) is 20.4 Å². The Bertz CT molecular complexity index is 606. The number of halogens is 2. The van der Waals surface area contributed by atoms with Crippen LogP contribution >= 0.6 is 23.2 Å². The van der Waals surface area contributed by atoms with Gasteiger partial charge in [0.15, 0.2) is 0 Å². The van der Waals surface area contributed by atoms with Crippen molar-refractivity contribution >= 4 is 23.2 Å². The number of hydrogen-bond donors (Lipinski definition) is 1. The van der Waals surface area contributed by atoms with Crippen molar-refractivity contribution in [1.29, 1.82) is 0 Å². The molecule has 0 unspecified atom stereocenters. The normalized spacial score (nSPS) is 10.7. The minimum absolute atomic E-state index is 0.403. The van der Waals surface area contributed by atoms with Crippen LogP contribution in [0, 0.1) is 13.8 Å². The lowest BCUT2D eigenvalue weighted by molar-refractivity contribution is 0.456. The van der Waals surface area contributed by atoms with Gasteiger partial charge in [-0.2, -0.15) is 0 Å². The van der Waals surface area contributed by atoms with Crippen molar-refractivity contribution in [2.75, 3.05) is 7.05 Å². The van der Waals surface area contributed by atoms with Crippen molar-refractivity contribution in [3.63, 3.8) is 0 Å². The quantitative estimate of drug-likeness (QED) is 0.901. The van der Waals surface area contributed by atoms with Gasteiger partial charge in [0, 0.05) is 17.8 Å². The van der Waals surface area contributed by atoms with Crippen molar-refractivity contribution in [3.8, 4) is 11.6 Å². The Morgan fingerprint density at radius 2 is 1.80 bits per heavy atom. The lowest BCUT2D eigenvalue weighted by Gasteiger charge is -2.13. The van der Waals surface area contributed by atoms with E-state index in [0.717, 1.165) is 22.4 Å². The maximum absolute atomic E-state index is 6.21. The monoisotopic (exact) mass is 310 g/mol. The highest BCUT2D eigenvalue weighted by Gasteiger charge is 2.11. The highest BCUT2D eigenvalue weighted by atomic mass is 35.5. The molecule has 0 aliphatic heterocycles. The fraction of sp³-hybridized carbons (Fsp3) is 0.267. The molecule has 0 saturated heterocycles. The second kappa shape index (κ2) is 6.44. The Kier molecular flexibility index (Phi) is 4.86. The molecule has 1 aromatic heterocycles. The van der Waals surface area contributed by atoms with Gasteiger partial charge in [-0.15, -0.1) is 0 Å². The zero-order valence-corrected chi connectivity index (χ0v) is 13.1. The number of nitrogens with zero attached hydrogens (tertiary/aromatic N) is 1. The second-order valence-electron chi connectivity index (χ2n) is 4.63. The van der Waals surface area contributed by atoms with Gasteiger partial charge in [0.05, 0.1) is 0 Å². The van der Waals surface area contributed by atoms with Gasteiger partial charge >= 0.3 is 0 Å². The number of ether oxygens (including phenoxy) is 1. The summed E-state index contributed by atoms with van der Waals surface area (Å²) in [5, 5.41) is 4.23. The molecule has 0 fully saturated rings. The predicted octanol–water partition coefficient (Wildman–Crippen LogP) is 4.52. The van der Waals surface area contributed by atoms with Crippen LogP contribution < -0.4 is 10.1 Å². The Balaban J connectivity index is 2.31. The Labute approximate surface area is 128 Å². The molecular weight excluding hydrogens is 295 g/mol. The van der Waals surface area contributed by atoms with E-state index in [1.165, 1.54) is 0 Å². The molecule has 0 saturated carbocycles. The smallest absolute Gasteiger partial charge is 0.238 e. The number of benzene rings is 1. The third-order valence-corrected chi connectivity index (χ3v) is 3.36. The standard InChI is InChI=1S/C15H16Cl2N2O/c1-9-4-12(16)5-10(2)14(9)20-15-13(17)6-11(7-18-3)8-19-15/h4-6,8,18H,7H2,1-3H3. The van der Waals surface area contributed by atoms with E-state index in [1.54, 1.807) is 6.20 Å². The SMILES string of the molecule is CNCc1cnc(Oc2c(C)cc(Cl)cc2C)c(Cl)c1. The summed E-state index contributed by atoms with van der Waals surface area (Å²) in [7, 11) is 1.87. The third kappa shape index (κ3) is 3.42. The summed E-state index contributed by atoms with van der Waals surface area (Å²) in [6.07, 6.45) is 1.75. The molecule has 0 aliphatic carbocycles. The van der Waals surface area contributed by atoms with Gasteiger partial charge < -0.3 is 10.1 Å². The first-order chi connectivity index (χ1) is 9.51. The highest BCUT2D eigenvalue weighted by Crippen LogP contribution is 2.33. The molecule has 0 spiro atoms. The summed E-state index contributed by atoms with van der Waals surface area (Å²) in [4.78, 5) is 4.27. The summed E-state index contributed by atoms with van der Waals surface area (Å²) >= 11 is 12.2. The minimum atomic E-state index is 0.403. The van der Waals surface area contributed by atoms with Crippen molar-refractivity contribution < 1.29 is 4.74 Å². The molecule has 1 heterocycles. The van der Waals surface area contributed by atoms with Crippen LogP contribution in [0.1, 0.15) is 16.7 Å². The molecule has 2 aromatic rings. The summed E-state index contributed by atoms with van der Waals surface area (Å²) in [6, 6.07) is 5.56. The Hall–Kier alpha value is -1.29. The molecule has 1 N–H and O–H groups in total. The lowest BCUT2D eigenvalue weighted by atomic mass is 10.1. The van der Waals surface area contributed by atoms with Gasteiger partial charge in [-0.05, 0) is 55.8 Å². The number of aryl methyl sites for hydroxylation is 2. The van der Waals surface area contributed by atoms with Crippen LogP contribution in [0.25, 0.3) is 0 Å². The van der Waals surface area contributed by atoms with E-state index in [2.05, 4.69) is 10.3 Å². The molecule has 1 aromatic carbocycles. The van der Waals surface area contributed by atoms with Gasteiger partial charge in [-0.3, -0.25) is 0 Å². The zero-order chi connectivity index (χ0) is 14.7. The topological polar surface area (TPSA) is 34.2 Å². The van der Waals surface area contributed by atoms with Crippen LogP contribution in [0.5, 0.6) is 11.6 Å².